The highest BCUT2D eigenvalue weighted by atomic mass is 16.5. The maximum absolute atomic E-state index is 4.98. The van der Waals surface area contributed by atoms with Gasteiger partial charge in [0.25, 0.3) is 0 Å². The summed E-state index contributed by atoms with van der Waals surface area (Å²) in [4.78, 5) is 9.45. The predicted octanol–water partition coefficient (Wildman–Crippen LogP) is 0.878. The number of ether oxygens (including phenoxy) is 1. The van der Waals surface area contributed by atoms with E-state index in [2.05, 4.69) is 21.9 Å². The molecule has 1 aromatic heterocycles. The molecule has 0 saturated carbocycles. The molecule has 0 aliphatic rings. The Labute approximate surface area is 78.9 Å². The highest BCUT2D eigenvalue weighted by Crippen LogP contribution is 1.96. The van der Waals surface area contributed by atoms with Crippen LogP contribution in [0.2, 0.25) is 0 Å². The van der Waals surface area contributed by atoms with Crippen LogP contribution in [0.15, 0.2) is 12.4 Å². The molecular weight excluding hydrogens is 166 g/mol. The third-order valence-corrected chi connectivity index (χ3v) is 1.86. The standard InChI is InChI=1S/C9H17N3O/c1-12(6-3-7-13-2)8-9-10-4-5-11-9/h4-5H,3,6-8H2,1-2H3,(H,10,11). The first-order valence-corrected chi connectivity index (χ1v) is 4.48. The summed E-state index contributed by atoms with van der Waals surface area (Å²) in [6.07, 6.45) is 4.68. The van der Waals surface area contributed by atoms with Crippen LogP contribution in [0.25, 0.3) is 0 Å². The zero-order valence-electron chi connectivity index (χ0n) is 8.29. The normalized spacial score (nSPS) is 11.0. The van der Waals surface area contributed by atoms with E-state index >= 15 is 0 Å². The second kappa shape index (κ2) is 5.72. The van der Waals surface area contributed by atoms with Crippen molar-refractivity contribution in [1.82, 2.24) is 14.9 Å². The van der Waals surface area contributed by atoms with E-state index in [1.54, 1.807) is 13.3 Å². The van der Waals surface area contributed by atoms with Crippen molar-refractivity contribution in [3.05, 3.63) is 18.2 Å². The maximum Gasteiger partial charge on any atom is 0.120 e. The first-order valence-electron chi connectivity index (χ1n) is 4.48. The van der Waals surface area contributed by atoms with Crippen molar-refractivity contribution in [3.8, 4) is 0 Å². The van der Waals surface area contributed by atoms with Crippen molar-refractivity contribution in [2.24, 2.45) is 0 Å². The zero-order valence-corrected chi connectivity index (χ0v) is 8.29. The van der Waals surface area contributed by atoms with Gasteiger partial charge in [0.15, 0.2) is 0 Å². The van der Waals surface area contributed by atoms with Gasteiger partial charge in [0.2, 0.25) is 0 Å². The van der Waals surface area contributed by atoms with Crippen LogP contribution in [0.4, 0.5) is 0 Å². The molecule has 0 unspecified atom stereocenters. The molecule has 0 spiro atoms. The Morgan fingerprint density at radius 2 is 2.46 bits per heavy atom. The maximum atomic E-state index is 4.98. The van der Waals surface area contributed by atoms with Gasteiger partial charge in [-0.05, 0) is 13.5 Å². The number of rotatable bonds is 6. The summed E-state index contributed by atoms with van der Waals surface area (Å²) in [7, 11) is 3.81. The van der Waals surface area contributed by atoms with Crippen molar-refractivity contribution >= 4 is 0 Å². The lowest BCUT2D eigenvalue weighted by molar-refractivity contribution is 0.177. The van der Waals surface area contributed by atoms with Crippen LogP contribution in [0, 0.1) is 0 Å². The first-order chi connectivity index (χ1) is 6.33. The first kappa shape index (κ1) is 10.2. The summed E-state index contributed by atoms with van der Waals surface area (Å²) in [6, 6.07) is 0. The molecule has 0 aliphatic carbocycles. The minimum atomic E-state index is 0.822. The van der Waals surface area contributed by atoms with Crippen LogP contribution in [-0.2, 0) is 11.3 Å². The lowest BCUT2D eigenvalue weighted by atomic mass is 10.4. The molecule has 0 radical (unpaired) electrons. The highest BCUT2D eigenvalue weighted by Gasteiger charge is 2.00. The number of aromatic nitrogens is 2. The average Bonchev–Trinajstić information content (AvgIpc) is 2.57. The second-order valence-corrected chi connectivity index (χ2v) is 3.12. The van der Waals surface area contributed by atoms with Gasteiger partial charge >= 0.3 is 0 Å². The molecule has 74 valence electrons. The summed E-state index contributed by atoms with van der Waals surface area (Å²) in [5.74, 6) is 1.01. The van der Waals surface area contributed by atoms with Crippen molar-refractivity contribution in [2.75, 3.05) is 27.3 Å². The number of imidazole rings is 1. The summed E-state index contributed by atoms with van der Waals surface area (Å²) < 4.78 is 4.98. The fourth-order valence-electron chi connectivity index (χ4n) is 1.20. The van der Waals surface area contributed by atoms with E-state index in [-0.39, 0.29) is 0 Å². The van der Waals surface area contributed by atoms with E-state index in [0.717, 1.165) is 31.9 Å². The van der Waals surface area contributed by atoms with Crippen molar-refractivity contribution in [1.29, 1.82) is 0 Å². The zero-order chi connectivity index (χ0) is 9.52. The number of hydrogen-bond donors (Lipinski definition) is 1. The number of H-pyrrole nitrogens is 1. The minimum Gasteiger partial charge on any atom is -0.385 e. The van der Waals surface area contributed by atoms with Gasteiger partial charge in [-0.3, -0.25) is 4.90 Å². The molecule has 4 nitrogen and oxygen atoms in total. The molecule has 0 saturated heterocycles. The van der Waals surface area contributed by atoms with E-state index in [0.29, 0.717) is 0 Å². The molecule has 0 aromatic carbocycles. The highest BCUT2D eigenvalue weighted by molar-refractivity contribution is 4.86. The summed E-state index contributed by atoms with van der Waals surface area (Å²) >= 11 is 0. The van der Waals surface area contributed by atoms with Crippen LogP contribution in [-0.4, -0.2) is 42.2 Å². The van der Waals surface area contributed by atoms with E-state index in [4.69, 9.17) is 4.74 Å². The van der Waals surface area contributed by atoms with Crippen LogP contribution < -0.4 is 0 Å². The van der Waals surface area contributed by atoms with Gasteiger partial charge in [-0.15, -0.1) is 0 Å². The fourth-order valence-corrected chi connectivity index (χ4v) is 1.20. The van der Waals surface area contributed by atoms with E-state index < -0.39 is 0 Å². The molecule has 4 heteroatoms. The van der Waals surface area contributed by atoms with Crippen molar-refractivity contribution < 1.29 is 4.74 Å². The van der Waals surface area contributed by atoms with Gasteiger partial charge in [-0.25, -0.2) is 4.98 Å². The third kappa shape index (κ3) is 4.05. The molecule has 0 atom stereocenters. The lowest BCUT2D eigenvalue weighted by Gasteiger charge is -2.14. The van der Waals surface area contributed by atoms with E-state index in [1.807, 2.05) is 6.20 Å². The minimum absolute atomic E-state index is 0.822. The molecule has 0 bridgehead atoms. The number of nitrogens with zero attached hydrogens (tertiary/aromatic N) is 2. The molecule has 0 fully saturated rings. The smallest absolute Gasteiger partial charge is 0.120 e. The average molecular weight is 183 g/mol. The largest absolute Gasteiger partial charge is 0.385 e. The summed E-state index contributed by atoms with van der Waals surface area (Å²) in [6.45, 7) is 2.73. The van der Waals surface area contributed by atoms with Gasteiger partial charge < -0.3 is 9.72 Å². The molecule has 0 aliphatic heterocycles. The third-order valence-electron chi connectivity index (χ3n) is 1.86. The topological polar surface area (TPSA) is 41.1 Å². The van der Waals surface area contributed by atoms with Gasteiger partial charge in [0.05, 0.1) is 6.54 Å². The predicted molar refractivity (Wildman–Crippen MR) is 51.4 cm³/mol. The van der Waals surface area contributed by atoms with Gasteiger partial charge in [0, 0.05) is 32.7 Å². The van der Waals surface area contributed by atoms with Gasteiger partial charge in [-0.2, -0.15) is 0 Å². The molecule has 1 heterocycles. The summed E-state index contributed by atoms with van der Waals surface area (Å²) in [5, 5.41) is 0. The Morgan fingerprint density at radius 1 is 1.62 bits per heavy atom. The summed E-state index contributed by atoms with van der Waals surface area (Å²) in [5.41, 5.74) is 0. The van der Waals surface area contributed by atoms with E-state index in [1.165, 1.54) is 0 Å². The quantitative estimate of drug-likeness (QED) is 0.665. The molecular formula is C9H17N3O. The Hall–Kier alpha value is -0.870. The number of hydrogen-bond acceptors (Lipinski definition) is 3. The Bertz CT molecular complexity index is 211. The molecule has 1 aromatic rings. The molecule has 1 N–H and O–H groups in total. The van der Waals surface area contributed by atoms with Crippen LogP contribution in [0.1, 0.15) is 12.2 Å². The number of nitrogens with one attached hydrogen (secondary N) is 1. The van der Waals surface area contributed by atoms with E-state index in [9.17, 15) is 0 Å². The fraction of sp³-hybridized carbons (Fsp3) is 0.667. The van der Waals surface area contributed by atoms with Crippen LogP contribution >= 0.6 is 0 Å². The second-order valence-electron chi connectivity index (χ2n) is 3.12. The number of methoxy groups -OCH3 is 1. The molecule has 0 amide bonds. The lowest BCUT2D eigenvalue weighted by Crippen LogP contribution is -2.20. The van der Waals surface area contributed by atoms with Crippen LogP contribution in [0.3, 0.4) is 0 Å². The van der Waals surface area contributed by atoms with Gasteiger partial charge in [0.1, 0.15) is 5.82 Å². The van der Waals surface area contributed by atoms with Crippen LogP contribution in [0.5, 0.6) is 0 Å². The Morgan fingerprint density at radius 3 is 3.08 bits per heavy atom. The SMILES string of the molecule is COCCCN(C)Cc1ncc[nH]1. The Kier molecular flexibility index (Phi) is 4.49. The number of aromatic amines is 1. The van der Waals surface area contributed by atoms with Gasteiger partial charge in [-0.1, -0.05) is 0 Å². The monoisotopic (exact) mass is 183 g/mol. The van der Waals surface area contributed by atoms with Crippen molar-refractivity contribution in [2.45, 2.75) is 13.0 Å². The van der Waals surface area contributed by atoms with Crippen molar-refractivity contribution in [3.63, 3.8) is 0 Å². The molecule has 1 rings (SSSR count). The Balaban J connectivity index is 2.14. The molecule has 13 heavy (non-hydrogen) atoms.